The lowest BCUT2D eigenvalue weighted by Crippen LogP contribution is -2.44. The van der Waals surface area contributed by atoms with Gasteiger partial charge in [-0.2, -0.15) is 0 Å². The summed E-state index contributed by atoms with van der Waals surface area (Å²) < 4.78 is 6.76. The third kappa shape index (κ3) is 4.06. The molecule has 1 aliphatic rings. The maximum Gasteiger partial charge on any atom is 0.144 e. The summed E-state index contributed by atoms with van der Waals surface area (Å²) in [6, 6.07) is 10.2. The van der Waals surface area contributed by atoms with Crippen molar-refractivity contribution >= 4 is 39.8 Å². The van der Waals surface area contributed by atoms with E-state index in [0.717, 1.165) is 52.7 Å². The first-order valence-electron chi connectivity index (χ1n) is 7.66. The highest BCUT2D eigenvalue weighted by Crippen LogP contribution is 2.32. The first-order valence-corrected chi connectivity index (χ1v) is 8.74. The zero-order valence-corrected chi connectivity index (χ0v) is 15.6. The van der Waals surface area contributed by atoms with Gasteiger partial charge in [0.1, 0.15) is 11.6 Å². The average molecular weight is 424 g/mol. The molecule has 0 spiro atoms. The van der Waals surface area contributed by atoms with E-state index in [4.69, 9.17) is 4.74 Å². The zero-order chi connectivity index (χ0) is 16.2. The molecule has 1 saturated heterocycles. The molecule has 0 unspecified atom stereocenters. The van der Waals surface area contributed by atoms with Crippen LogP contribution in [0.4, 0.5) is 17.2 Å². The molecule has 1 fully saturated rings. The Hall–Kier alpha value is -1.54. The van der Waals surface area contributed by atoms with Gasteiger partial charge in [-0.3, -0.25) is 0 Å². The summed E-state index contributed by atoms with van der Waals surface area (Å²) >= 11 is 2.28. The molecule has 0 atom stereocenters. The molecule has 0 radical (unpaired) electrons. The third-order valence-electron chi connectivity index (χ3n) is 4.02. The molecule has 2 heterocycles. The van der Waals surface area contributed by atoms with Crippen LogP contribution in [-0.4, -0.2) is 50.2 Å². The van der Waals surface area contributed by atoms with Gasteiger partial charge in [0, 0.05) is 47.7 Å². The fourth-order valence-corrected chi connectivity index (χ4v) is 3.14. The fraction of sp³-hybridized carbons (Fsp3) is 0.353. The van der Waals surface area contributed by atoms with E-state index in [1.165, 1.54) is 0 Å². The Balaban J connectivity index is 1.79. The molecule has 1 aromatic carbocycles. The van der Waals surface area contributed by atoms with Crippen molar-refractivity contribution in [3.05, 3.63) is 40.1 Å². The first kappa shape index (κ1) is 16.3. The minimum absolute atomic E-state index is 0.839. The molecular weight excluding hydrogens is 403 g/mol. The van der Waals surface area contributed by atoms with Crippen molar-refractivity contribution < 1.29 is 4.74 Å². The topological polar surface area (TPSA) is 40.6 Å². The molecular formula is C17H21IN4O. The summed E-state index contributed by atoms with van der Waals surface area (Å²) in [6.45, 7) is 4.21. The quantitative estimate of drug-likeness (QED) is 0.764. The predicted octanol–water partition coefficient (Wildman–Crippen LogP) is 3.19. The third-order valence-corrected chi connectivity index (χ3v) is 4.69. The van der Waals surface area contributed by atoms with Gasteiger partial charge in [-0.25, -0.2) is 4.98 Å². The maximum atomic E-state index is 5.61. The lowest BCUT2D eigenvalue weighted by atomic mass is 10.2. The molecule has 0 bridgehead atoms. The maximum absolute atomic E-state index is 5.61. The number of piperazine rings is 1. The number of nitrogens with one attached hydrogen (secondary N) is 1. The minimum Gasteiger partial charge on any atom is -0.495 e. The number of rotatable bonds is 4. The summed E-state index contributed by atoms with van der Waals surface area (Å²) in [5.74, 6) is 1.73. The first-order chi connectivity index (χ1) is 11.2. The van der Waals surface area contributed by atoms with Gasteiger partial charge >= 0.3 is 0 Å². The lowest BCUT2D eigenvalue weighted by Gasteiger charge is -2.34. The monoisotopic (exact) mass is 424 g/mol. The Morgan fingerprint density at radius 3 is 2.61 bits per heavy atom. The van der Waals surface area contributed by atoms with Crippen LogP contribution in [0.1, 0.15) is 0 Å². The summed E-state index contributed by atoms with van der Waals surface area (Å²) in [4.78, 5) is 9.07. The zero-order valence-electron chi connectivity index (χ0n) is 13.4. The van der Waals surface area contributed by atoms with Crippen molar-refractivity contribution in [3.8, 4) is 5.75 Å². The molecule has 3 rings (SSSR count). The number of pyridine rings is 1. The highest BCUT2D eigenvalue weighted by molar-refractivity contribution is 14.1. The summed E-state index contributed by atoms with van der Waals surface area (Å²) in [7, 11) is 3.89. The van der Waals surface area contributed by atoms with Gasteiger partial charge in [0.05, 0.1) is 12.8 Å². The van der Waals surface area contributed by atoms with Crippen LogP contribution in [0.5, 0.6) is 5.75 Å². The SMILES string of the molecule is COc1cc(Nc2cc(I)ccn2)ccc1N1CCN(C)CC1. The number of anilines is 3. The Morgan fingerprint density at radius 1 is 1.13 bits per heavy atom. The highest BCUT2D eigenvalue weighted by Gasteiger charge is 2.17. The van der Waals surface area contributed by atoms with E-state index in [0.29, 0.717) is 0 Å². The van der Waals surface area contributed by atoms with Gasteiger partial charge < -0.3 is 19.9 Å². The number of methoxy groups -OCH3 is 1. The van der Waals surface area contributed by atoms with Crippen LogP contribution < -0.4 is 15.0 Å². The van der Waals surface area contributed by atoms with Gasteiger partial charge in [0.15, 0.2) is 0 Å². The van der Waals surface area contributed by atoms with E-state index >= 15 is 0 Å². The van der Waals surface area contributed by atoms with Crippen molar-refractivity contribution in [2.24, 2.45) is 0 Å². The molecule has 2 aromatic rings. The van der Waals surface area contributed by atoms with E-state index in [2.05, 4.69) is 61.9 Å². The molecule has 0 saturated carbocycles. The molecule has 1 aliphatic heterocycles. The van der Waals surface area contributed by atoms with Gasteiger partial charge in [0.2, 0.25) is 0 Å². The van der Waals surface area contributed by atoms with Crippen molar-refractivity contribution in [1.82, 2.24) is 9.88 Å². The fourth-order valence-electron chi connectivity index (χ4n) is 2.68. The number of hydrogen-bond acceptors (Lipinski definition) is 5. The summed E-state index contributed by atoms with van der Waals surface area (Å²) in [5, 5.41) is 3.33. The number of nitrogens with zero attached hydrogens (tertiary/aromatic N) is 3. The van der Waals surface area contributed by atoms with Crippen molar-refractivity contribution in [1.29, 1.82) is 0 Å². The molecule has 5 nitrogen and oxygen atoms in total. The number of halogens is 1. The second kappa shape index (κ2) is 7.35. The summed E-state index contributed by atoms with van der Waals surface area (Å²) in [5.41, 5.74) is 2.14. The van der Waals surface area contributed by atoms with Crippen LogP contribution >= 0.6 is 22.6 Å². The van der Waals surface area contributed by atoms with Crippen molar-refractivity contribution in [2.75, 3.05) is 50.6 Å². The van der Waals surface area contributed by atoms with E-state index in [-0.39, 0.29) is 0 Å². The lowest BCUT2D eigenvalue weighted by molar-refractivity contribution is 0.311. The molecule has 6 heteroatoms. The van der Waals surface area contributed by atoms with Crippen LogP contribution in [0.2, 0.25) is 0 Å². The molecule has 1 N–H and O–H groups in total. The molecule has 23 heavy (non-hydrogen) atoms. The number of likely N-dealkylation sites (N-methyl/N-ethyl adjacent to an activating group) is 1. The summed E-state index contributed by atoms with van der Waals surface area (Å²) in [6.07, 6.45) is 1.81. The van der Waals surface area contributed by atoms with Gasteiger partial charge in [-0.05, 0) is 53.9 Å². The molecule has 122 valence electrons. The highest BCUT2D eigenvalue weighted by atomic mass is 127. The Labute approximate surface area is 150 Å². The van der Waals surface area contributed by atoms with E-state index in [1.807, 2.05) is 18.2 Å². The van der Waals surface area contributed by atoms with E-state index in [9.17, 15) is 0 Å². The van der Waals surface area contributed by atoms with Crippen LogP contribution in [0, 0.1) is 3.57 Å². The normalized spacial score (nSPS) is 15.5. The number of ether oxygens (including phenoxy) is 1. The molecule has 0 aliphatic carbocycles. The van der Waals surface area contributed by atoms with E-state index in [1.54, 1.807) is 13.3 Å². The Morgan fingerprint density at radius 2 is 1.91 bits per heavy atom. The van der Waals surface area contributed by atoms with Crippen molar-refractivity contribution in [2.45, 2.75) is 0 Å². The minimum atomic E-state index is 0.839. The van der Waals surface area contributed by atoms with Gasteiger partial charge in [-0.15, -0.1) is 0 Å². The molecule has 0 amide bonds. The van der Waals surface area contributed by atoms with Crippen LogP contribution in [-0.2, 0) is 0 Å². The van der Waals surface area contributed by atoms with Crippen LogP contribution in [0.25, 0.3) is 0 Å². The standard InChI is InChI=1S/C17H21IN4O/c1-21-7-9-22(10-8-21)15-4-3-14(12-16(15)23-2)20-17-11-13(18)5-6-19-17/h3-6,11-12H,7-10H2,1-2H3,(H,19,20). The van der Waals surface area contributed by atoms with Crippen LogP contribution in [0.15, 0.2) is 36.5 Å². The second-order valence-electron chi connectivity index (χ2n) is 5.66. The Kier molecular flexibility index (Phi) is 5.22. The predicted molar refractivity (Wildman–Crippen MR) is 103 cm³/mol. The van der Waals surface area contributed by atoms with Crippen LogP contribution in [0.3, 0.4) is 0 Å². The number of benzene rings is 1. The average Bonchev–Trinajstić information content (AvgIpc) is 2.56. The second-order valence-corrected chi connectivity index (χ2v) is 6.91. The Bertz CT molecular complexity index is 671. The van der Waals surface area contributed by atoms with Gasteiger partial charge in [-0.1, -0.05) is 0 Å². The van der Waals surface area contributed by atoms with E-state index < -0.39 is 0 Å². The number of hydrogen-bond donors (Lipinski definition) is 1. The smallest absolute Gasteiger partial charge is 0.144 e. The van der Waals surface area contributed by atoms with Gasteiger partial charge in [0.25, 0.3) is 0 Å². The number of aromatic nitrogens is 1. The largest absolute Gasteiger partial charge is 0.495 e. The molecule has 1 aromatic heterocycles. The van der Waals surface area contributed by atoms with Crippen molar-refractivity contribution in [3.63, 3.8) is 0 Å².